The van der Waals surface area contributed by atoms with Crippen LogP contribution >= 0.6 is 0 Å². The van der Waals surface area contributed by atoms with Crippen molar-refractivity contribution >= 4 is 16.0 Å². The van der Waals surface area contributed by atoms with Gasteiger partial charge in [-0.2, -0.15) is 0 Å². The smallest absolute Gasteiger partial charge is 0.322 e. The number of nitrogens with one attached hydrogen (secondary N) is 2. The molecule has 0 aromatic rings. The van der Waals surface area contributed by atoms with E-state index in [-0.39, 0.29) is 6.61 Å². The van der Waals surface area contributed by atoms with E-state index in [2.05, 4.69) is 14.8 Å². The third-order valence-electron chi connectivity index (χ3n) is 2.65. The van der Waals surface area contributed by atoms with Crippen molar-refractivity contribution in [3.8, 4) is 0 Å². The molecule has 7 heteroatoms. The van der Waals surface area contributed by atoms with E-state index in [4.69, 9.17) is 0 Å². The fourth-order valence-electron chi connectivity index (χ4n) is 1.79. The van der Waals surface area contributed by atoms with Crippen LogP contribution in [0.2, 0.25) is 0 Å². The molecule has 1 rings (SSSR count). The van der Waals surface area contributed by atoms with Gasteiger partial charge in [0.15, 0.2) is 5.75 Å². The van der Waals surface area contributed by atoms with Crippen LogP contribution in [0.5, 0.6) is 0 Å². The number of hydrogen-bond acceptors (Lipinski definition) is 5. The van der Waals surface area contributed by atoms with Crippen LogP contribution in [0.1, 0.15) is 19.8 Å². The first kappa shape index (κ1) is 14.4. The number of carbonyl (C=O) groups is 1. The molecule has 1 atom stereocenters. The highest BCUT2D eigenvalue weighted by Gasteiger charge is 2.19. The van der Waals surface area contributed by atoms with Gasteiger partial charge in [0.2, 0.25) is 10.0 Å². The van der Waals surface area contributed by atoms with Crippen molar-refractivity contribution in [1.82, 2.24) is 10.0 Å². The lowest BCUT2D eigenvalue weighted by Gasteiger charge is -2.09. The molecule has 2 N–H and O–H groups in total. The second-order valence-corrected chi connectivity index (χ2v) is 5.91. The van der Waals surface area contributed by atoms with Crippen molar-refractivity contribution in [2.75, 3.05) is 32.0 Å². The summed E-state index contributed by atoms with van der Waals surface area (Å²) in [5.41, 5.74) is 0. The van der Waals surface area contributed by atoms with Crippen molar-refractivity contribution in [3.63, 3.8) is 0 Å². The zero-order valence-electron chi connectivity index (χ0n) is 10.1. The van der Waals surface area contributed by atoms with Gasteiger partial charge in [-0.1, -0.05) is 0 Å². The third-order valence-corrected chi connectivity index (χ3v) is 3.91. The Morgan fingerprint density at radius 2 is 2.29 bits per heavy atom. The van der Waals surface area contributed by atoms with Crippen LogP contribution in [0.25, 0.3) is 0 Å². The van der Waals surface area contributed by atoms with E-state index in [0.717, 1.165) is 25.9 Å². The molecular weight excluding hydrogens is 244 g/mol. The summed E-state index contributed by atoms with van der Waals surface area (Å²) in [4.78, 5) is 11.0. The van der Waals surface area contributed by atoms with Gasteiger partial charge in [0.05, 0.1) is 6.61 Å². The number of hydrogen-bond donors (Lipinski definition) is 2. The molecule has 0 spiro atoms. The molecule has 17 heavy (non-hydrogen) atoms. The van der Waals surface area contributed by atoms with E-state index in [1.807, 2.05) is 0 Å². The lowest BCUT2D eigenvalue weighted by molar-refractivity contribution is -0.139. The van der Waals surface area contributed by atoms with E-state index in [1.165, 1.54) is 0 Å². The Kier molecular flexibility index (Phi) is 5.87. The van der Waals surface area contributed by atoms with Gasteiger partial charge in [-0.15, -0.1) is 0 Å². The van der Waals surface area contributed by atoms with E-state index < -0.39 is 21.7 Å². The summed E-state index contributed by atoms with van der Waals surface area (Å²) in [6.07, 6.45) is 1.88. The molecule has 1 unspecified atom stereocenters. The largest absolute Gasteiger partial charge is 0.465 e. The molecule has 1 fully saturated rings. The molecule has 1 aliphatic heterocycles. The van der Waals surface area contributed by atoms with Crippen molar-refractivity contribution in [1.29, 1.82) is 0 Å². The van der Waals surface area contributed by atoms with Crippen LogP contribution in [0, 0.1) is 5.92 Å². The van der Waals surface area contributed by atoms with E-state index in [9.17, 15) is 13.2 Å². The third kappa shape index (κ3) is 5.99. The van der Waals surface area contributed by atoms with Gasteiger partial charge in [-0.3, -0.25) is 4.79 Å². The molecule has 0 aromatic heterocycles. The number of ether oxygens (including phenoxy) is 1. The Balaban J connectivity index is 2.21. The lowest BCUT2D eigenvalue weighted by atomic mass is 10.1. The first-order valence-corrected chi connectivity index (χ1v) is 7.52. The summed E-state index contributed by atoms with van der Waals surface area (Å²) < 4.78 is 29.9. The molecule has 6 nitrogen and oxygen atoms in total. The lowest BCUT2D eigenvalue weighted by Crippen LogP contribution is -2.32. The number of rotatable bonds is 7. The first-order valence-electron chi connectivity index (χ1n) is 5.87. The molecule has 0 aromatic carbocycles. The Morgan fingerprint density at radius 3 is 2.88 bits per heavy atom. The molecule has 0 radical (unpaired) electrons. The quantitative estimate of drug-likeness (QED) is 0.604. The summed E-state index contributed by atoms with van der Waals surface area (Å²) >= 11 is 0. The fraction of sp³-hybridized carbons (Fsp3) is 0.900. The molecular formula is C10H20N2O4S. The van der Waals surface area contributed by atoms with Crippen LogP contribution in [-0.2, 0) is 19.6 Å². The summed E-state index contributed by atoms with van der Waals surface area (Å²) in [5, 5.41) is 3.22. The monoisotopic (exact) mass is 264 g/mol. The SMILES string of the molecule is CCOC(=O)CS(=O)(=O)NCCC1CCNC1. The zero-order valence-corrected chi connectivity index (χ0v) is 10.9. The molecule has 0 aliphatic carbocycles. The maximum atomic E-state index is 11.5. The molecule has 100 valence electrons. The van der Waals surface area contributed by atoms with Crippen LogP contribution in [-0.4, -0.2) is 46.4 Å². The minimum atomic E-state index is -3.54. The predicted molar refractivity (Wildman–Crippen MR) is 64.0 cm³/mol. The van der Waals surface area contributed by atoms with Gasteiger partial charge in [0, 0.05) is 6.54 Å². The molecule has 0 saturated carbocycles. The average molecular weight is 264 g/mol. The predicted octanol–water partition coefficient (Wildman–Crippen LogP) is -0.531. The van der Waals surface area contributed by atoms with Gasteiger partial charge >= 0.3 is 5.97 Å². The minimum Gasteiger partial charge on any atom is -0.465 e. The molecule has 1 saturated heterocycles. The summed E-state index contributed by atoms with van der Waals surface area (Å²) in [5.74, 6) is -0.771. The van der Waals surface area contributed by atoms with Crippen LogP contribution in [0.15, 0.2) is 0 Å². The Morgan fingerprint density at radius 1 is 1.53 bits per heavy atom. The first-order chi connectivity index (χ1) is 8.03. The summed E-state index contributed by atoms with van der Waals surface area (Å²) in [6.45, 7) is 4.17. The Labute approximate surface area is 102 Å². The molecule has 1 aliphatic rings. The second kappa shape index (κ2) is 6.93. The summed E-state index contributed by atoms with van der Waals surface area (Å²) in [6, 6.07) is 0. The van der Waals surface area contributed by atoms with Crippen LogP contribution in [0.4, 0.5) is 0 Å². The van der Waals surface area contributed by atoms with Crippen molar-refractivity contribution in [2.45, 2.75) is 19.8 Å². The highest BCUT2D eigenvalue weighted by atomic mass is 32.2. The highest BCUT2D eigenvalue weighted by molar-refractivity contribution is 7.90. The minimum absolute atomic E-state index is 0.197. The summed E-state index contributed by atoms with van der Waals surface area (Å²) in [7, 11) is -3.54. The van der Waals surface area contributed by atoms with Gasteiger partial charge in [-0.05, 0) is 38.8 Å². The average Bonchev–Trinajstić information content (AvgIpc) is 2.69. The Bertz CT molecular complexity index is 336. The second-order valence-electron chi connectivity index (χ2n) is 4.11. The van der Waals surface area contributed by atoms with E-state index in [0.29, 0.717) is 12.5 Å². The van der Waals surface area contributed by atoms with Crippen LogP contribution < -0.4 is 10.0 Å². The number of sulfonamides is 1. The van der Waals surface area contributed by atoms with E-state index >= 15 is 0 Å². The zero-order chi connectivity index (χ0) is 12.7. The van der Waals surface area contributed by atoms with Gasteiger partial charge in [0.25, 0.3) is 0 Å². The standard InChI is InChI=1S/C10H20N2O4S/c1-2-16-10(13)8-17(14,15)12-6-4-9-3-5-11-7-9/h9,11-12H,2-8H2,1H3. The van der Waals surface area contributed by atoms with Gasteiger partial charge < -0.3 is 10.1 Å². The van der Waals surface area contributed by atoms with Crippen molar-refractivity contribution < 1.29 is 17.9 Å². The normalized spacial score (nSPS) is 20.4. The highest BCUT2D eigenvalue weighted by Crippen LogP contribution is 2.10. The van der Waals surface area contributed by atoms with Crippen LogP contribution in [0.3, 0.4) is 0 Å². The number of carbonyl (C=O) groups excluding carboxylic acids is 1. The van der Waals surface area contributed by atoms with E-state index in [1.54, 1.807) is 6.92 Å². The molecule has 0 bridgehead atoms. The van der Waals surface area contributed by atoms with Gasteiger partial charge in [-0.25, -0.2) is 13.1 Å². The fourth-order valence-corrected chi connectivity index (χ4v) is 2.71. The molecule has 1 heterocycles. The Hall–Kier alpha value is -0.660. The maximum Gasteiger partial charge on any atom is 0.322 e. The topological polar surface area (TPSA) is 84.5 Å². The number of esters is 1. The van der Waals surface area contributed by atoms with Crippen molar-refractivity contribution in [2.24, 2.45) is 5.92 Å². The van der Waals surface area contributed by atoms with Gasteiger partial charge in [0.1, 0.15) is 0 Å². The maximum absolute atomic E-state index is 11.5. The molecule has 0 amide bonds. The van der Waals surface area contributed by atoms with Crippen molar-refractivity contribution in [3.05, 3.63) is 0 Å².